The first kappa shape index (κ1) is 19.2. The van der Waals surface area contributed by atoms with Crippen LogP contribution in [0.25, 0.3) is 0 Å². The summed E-state index contributed by atoms with van der Waals surface area (Å²) >= 11 is 0. The number of ether oxygens (including phenoxy) is 3. The number of aryl methyl sites for hydroxylation is 1. The number of anilines is 1. The van der Waals surface area contributed by atoms with E-state index in [0.29, 0.717) is 11.4 Å². The fourth-order valence-corrected chi connectivity index (χ4v) is 2.39. The van der Waals surface area contributed by atoms with Gasteiger partial charge in [0.1, 0.15) is 0 Å². The van der Waals surface area contributed by atoms with Crippen molar-refractivity contribution < 1.29 is 19.0 Å². The first-order chi connectivity index (χ1) is 10.6. The van der Waals surface area contributed by atoms with Crippen molar-refractivity contribution in [2.24, 2.45) is 7.05 Å². The largest absolute Gasteiger partial charge is 0.491 e. The predicted molar refractivity (Wildman–Crippen MR) is 88.1 cm³/mol. The molecule has 1 amide bonds. The van der Waals surface area contributed by atoms with Gasteiger partial charge in [-0.15, -0.1) is 0 Å². The van der Waals surface area contributed by atoms with Gasteiger partial charge in [0, 0.05) is 44.0 Å². The number of amides is 1. The Hall–Kier alpha value is -1.86. The third kappa shape index (κ3) is 4.56. The van der Waals surface area contributed by atoms with Gasteiger partial charge in [0.2, 0.25) is 0 Å². The predicted octanol–water partition coefficient (Wildman–Crippen LogP) is 2.20. The third-order valence-corrected chi connectivity index (χ3v) is 3.44. The van der Waals surface area contributed by atoms with Gasteiger partial charge in [-0.1, -0.05) is 20.8 Å². The molecule has 1 heterocycles. The van der Waals surface area contributed by atoms with Gasteiger partial charge >= 0.3 is 0 Å². The lowest BCUT2D eigenvalue weighted by Gasteiger charge is -2.17. The van der Waals surface area contributed by atoms with Crippen molar-refractivity contribution in [1.82, 2.24) is 9.78 Å². The van der Waals surface area contributed by atoms with E-state index in [1.165, 1.54) is 21.3 Å². The van der Waals surface area contributed by atoms with E-state index in [0.717, 1.165) is 5.69 Å². The van der Waals surface area contributed by atoms with Gasteiger partial charge in [0.25, 0.3) is 5.91 Å². The van der Waals surface area contributed by atoms with Crippen LogP contribution >= 0.6 is 0 Å². The van der Waals surface area contributed by atoms with Crippen molar-refractivity contribution in [3.05, 3.63) is 23.1 Å². The minimum Gasteiger partial charge on any atom is -0.491 e. The smallest absolute Gasteiger partial charge is 0.292 e. The zero-order valence-electron chi connectivity index (χ0n) is 15.2. The van der Waals surface area contributed by atoms with Crippen molar-refractivity contribution in [2.75, 3.05) is 26.6 Å². The van der Waals surface area contributed by atoms with Gasteiger partial charge in [-0.2, -0.15) is 5.10 Å². The van der Waals surface area contributed by atoms with Gasteiger partial charge in [-0.25, -0.2) is 0 Å². The SMILES string of the molecule is CO/C(C(=O)Nc1cc(C(C)(C)C)n(C)n1)=C(\C)C(OC)OC. The molecule has 1 rings (SSSR count). The summed E-state index contributed by atoms with van der Waals surface area (Å²) in [7, 11) is 6.27. The number of hydrogen-bond donors (Lipinski definition) is 1. The van der Waals surface area contributed by atoms with Gasteiger partial charge in [-0.05, 0) is 6.92 Å². The Bertz CT molecular complexity index is 581. The molecule has 0 saturated carbocycles. The Labute approximate surface area is 137 Å². The molecule has 7 nitrogen and oxygen atoms in total. The molecule has 0 bridgehead atoms. The summed E-state index contributed by atoms with van der Waals surface area (Å²) in [5.74, 6) is 0.209. The molecule has 1 aromatic rings. The molecule has 23 heavy (non-hydrogen) atoms. The standard InChI is InChI=1S/C16H27N3O4/c1-10(15(22-7)23-8)13(21-6)14(20)17-12-9-11(16(2,3)4)19(5)18-12/h9,15H,1-8H3,(H,17,18,20)/b13-10+. The highest BCUT2D eigenvalue weighted by molar-refractivity contribution is 6.02. The molecule has 0 spiro atoms. The average Bonchev–Trinajstić information content (AvgIpc) is 2.81. The monoisotopic (exact) mass is 325 g/mol. The first-order valence-corrected chi connectivity index (χ1v) is 7.31. The van der Waals surface area contributed by atoms with Crippen LogP contribution < -0.4 is 5.32 Å². The van der Waals surface area contributed by atoms with Crippen LogP contribution in [-0.2, 0) is 31.5 Å². The van der Waals surface area contributed by atoms with Crippen LogP contribution in [0.3, 0.4) is 0 Å². The summed E-state index contributed by atoms with van der Waals surface area (Å²) in [6.45, 7) is 7.97. The van der Waals surface area contributed by atoms with Crippen molar-refractivity contribution in [3.8, 4) is 0 Å². The maximum Gasteiger partial charge on any atom is 0.292 e. The summed E-state index contributed by atoms with van der Waals surface area (Å²) in [5, 5.41) is 7.07. The molecule has 0 unspecified atom stereocenters. The first-order valence-electron chi connectivity index (χ1n) is 7.31. The lowest BCUT2D eigenvalue weighted by Crippen LogP contribution is -2.23. The van der Waals surface area contributed by atoms with E-state index in [9.17, 15) is 4.79 Å². The van der Waals surface area contributed by atoms with Crippen LogP contribution in [0.1, 0.15) is 33.4 Å². The van der Waals surface area contributed by atoms with Gasteiger partial charge in [0.05, 0.1) is 7.11 Å². The van der Waals surface area contributed by atoms with Crippen LogP contribution in [0, 0.1) is 0 Å². The summed E-state index contributed by atoms with van der Waals surface area (Å²) < 4.78 is 17.3. The Balaban J connectivity index is 3.04. The number of rotatable bonds is 6. The highest BCUT2D eigenvalue weighted by Crippen LogP contribution is 2.24. The molecule has 0 saturated heterocycles. The topological polar surface area (TPSA) is 74.6 Å². The molecule has 0 aliphatic rings. The molecule has 0 atom stereocenters. The van der Waals surface area contributed by atoms with Crippen molar-refractivity contribution in [3.63, 3.8) is 0 Å². The molecule has 0 radical (unpaired) electrons. The van der Waals surface area contributed by atoms with E-state index in [1.807, 2.05) is 13.1 Å². The number of nitrogens with one attached hydrogen (secondary N) is 1. The van der Waals surface area contributed by atoms with Gasteiger partial charge < -0.3 is 19.5 Å². The second-order valence-corrected chi connectivity index (χ2v) is 6.26. The molecule has 7 heteroatoms. The Morgan fingerprint density at radius 2 is 1.83 bits per heavy atom. The minimum atomic E-state index is -0.649. The van der Waals surface area contributed by atoms with Crippen LogP contribution in [0.2, 0.25) is 0 Å². The number of nitrogens with zero attached hydrogens (tertiary/aromatic N) is 2. The van der Waals surface area contributed by atoms with Crippen molar-refractivity contribution in [1.29, 1.82) is 0 Å². The molecule has 0 aliphatic heterocycles. The molecule has 0 aliphatic carbocycles. The molecule has 130 valence electrons. The fourth-order valence-electron chi connectivity index (χ4n) is 2.39. The highest BCUT2D eigenvalue weighted by Gasteiger charge is 2.23. The maximum atomic E-state index is 12.4. The highest BCUT2D eigenvalue weighted by atomic mass is 16.7. The maximum absolute atomic E-state index is 12.4. The number of methoxy groups -OCH3 is 3. The molecular weight excluding hydrogens is 298 g/mol. The van der Waals surface area contributed by atoms with E-state index in [1.54, 1.807) is 11.6 Å². The van der Waals surface area contributed by atoms with E-state index >= 15 is 0 Å². The second kappa shape index (κ2) is 7.61. The number of hydrogen-bond acceptors (Lipinski definition) is 5. The van der Waals surface area contributed by atoms with E-state index in [4.69, 9.17) is 14.2 Å². The summed E-state index contributed by atoms with van der Waals surface area (Å²) in [6, 6.07) is 1.85. The number of carbonyl (C=O) groups excluding carboxylic acids is 1. The van der Waals surface area contributed by atoms with Gasteiger partial charge in [-0.3, -0.25) is 9.48 Å². The van der Waals surface area contributed by atoms with E-state index in [2.05, 4.69) is 31.2 Å². The van der Waals surface area contributed by atoms with Gasteiger partial charge in [0.15, 0.2) is 17.9 Å². The number of carbonyl (C=O) groups is 1. The van der Waals surface area contributed by atoms with Crippen LogP contribution in [0.4, 0.5) is 5.82 Å². The molecule has 0 fully saturated rings. The zero-order chi connectivity index (χ0) is 17.8. The summed E-state index contributed by atoms with van der Waals surface area (Å²) in [6.07, 6.45) is -0.649. The normalized spacial score (nSPS) is 13.1. The number of aromatic nitrogens is 2. The zero-order valence-corrected chi connectivity index (χ0v) is 15.2. The molecule has 1 N–H and O–H groups in total. The van der Waals surface area contributed by atoms with Crippen LogP contribution in [0.15, 0.2) is 17.4 Å². The second-order valence-electron chi connectivity index (χ2n) is 6.26. The molecular formula is C16H27N3O4. The third-order valence-electron chi connectivity index (χ3n) is 3.44. The van der Waals surface area contributed by atoms with E-state index < -0.39 is 12.2 Å². The Kier molecular flexibility index (Phi) is 6.35. The summed E-state index contributed by atoms with van der Waals surface area (Å²) in [4.78, 5) is 12.4. The van der Waals surface area contributed by atoms with Crippen LogP contribution in [0.5, 0.6) is 0 Å². The lowest BCUT2D eigenvalue weighted by molar-refractivity contribution is -0.117. The van der Waals surface area contributed by atoms with Crippen LogP contribution in [-0.4, -0.2) is 43.3 Å². The molecule has 1 aromatic heterocycles. The Morgan fingerprint density at radius 1 is 1.26 bits per heavy atom. The average molecular weight is 325 g/mol. The van der Waals surface area contributed by atoms with Crippen molar-refractivity contribution in [2.45, 2.75) is 39.4 Å². The lowest BCUT2D eigenvalue weighted by atomic mass is 9.92. The van der Waals surface area contributed by atoms with E-state index in [-0.39, 0.29) is 11.2 Å². The fraction of sp³-hybridized carbons (Fsp3) is 0.625. The minimum absolute atomic E-state index is 0.0717. The molecule has 0 aromatic carbocycles. The summed E-state index contributed by atoms with van der Waals surface area (Å²) in [5.41, 5.74) is 1.48. The quantitative estimate of drug-likeness (QED) is 0.493. The van der Waals surface area contributed by atoms with Crippen molar-refractivity contribution >= 4 is 11.7 Å². The Morgan fingerprint density at radius 3 is 2.22 bits per heavy atom.